The summed E-state index contributed by atoms with van der Waals surface area (Å²) in [5.74, 6) is 0.774. The molecule has 1 aromatic heterocycles. The Balaban J connectivity index is 1.82. The van der Waals surface area contributed by atoms with Crippen LogP contribution in [-0.4, -0.2) is 33.0 Å². The van der Waals surface area contributed by atoms with Gasteiger partial charge in [-0.1, -0.05) is 11.8 Å². The van der Waals surface area contributed by atoms with Crippen LogP contribution in [0.1, 0.15) is 33.6 Å². The SMILES string of the molecule is CC(C)(C)OC(=O)NC1(CSc2ncccn2)CC1. The fourth-order valence-corrected chi connectivity index (χ4v) is 2.58. The first-order chi connectivity index (χ1) is 8.89. The zero-order valence-electron chi connectivity index (χ0n) is 11.5. The average molecular weight is 281 g/mol. The first-order valence-electron chi connectivity index (χ1n) is 6.30. The molecule has 5 nitrogen and oxygen atoms in total. The van der Waals surface area contributed by atoms with Crippen molar-refractivity contribution in [3.05, 3.63) is 18.5 Å². The molecule has 1 fully saturated rings. The summed E-state index contributed by atoms with van der Waals surface area (Å²) < 4.78 is 5.28. The number of nitrogens with one attached hydrogen (secondary N) is 1. The van der Waals surface area contributed by atoms with E-state index in [2.05, 4.69) is 15.3 Å². The first kappa shape index (κ1) is 14.1. The summed E-state index contributed by atoms with van der Waals surface area (Å²) in [4.78, 5) is 20.1. The van der Waals surface area contributed by atoms with E-state index in [9.17, 15) is 4.79 Å². The van der Waals surface area contributed by atoms with Gasteiger partial charge in [-0.05, 0) is 39.7 Å². The van der Waals surface area contributed by atoms with Gasteiger partial charge in [0.2, 0.25) is 0 Å². The molecule has 1 amide bonds. The molecule has 0 aliphatic heterocycles. The summed E-state index contributed by atoms with van der Waals surface area (Å²) in [5, 5.41) is 3.69. The number of hydrogen-bond donors (Lipinski definition) is 1. The van der Waals surface area contributed by atoms with E-state index >= 15 is 0 Å². The van der Waals surface area contributed by atoms with E-state index in [1.54, 1.807) is 30.2 Å². The predicted octanol–water partition coefficient (Wildman–Crippen LogP) is 2.63. The maximum atomic E-state index is 11.8. The molecule has 0 spiro atoms. The number of alkyl carbamates (subject to hydrolysis) is 1. The molecule has 19 heavy (non-hydrogen) atoms. The predicted molar refractivity (Wildman–Crippen MR) is 74.1 cm³/mol. The van der Waals surface area contributed by atoms with E-state index in [1.165, 1.54) is 0 Å². The van der Waals surface area contributed by atoms with Crippen molar-refractivity contribution < 1.29 is 9.53 Å². The largest absolute Gasteiger partial charge is 0.444 e. The molecule has 1 aliphatic carbocycles. The molecule has 0 unspecified atom stereocenters. The Hall–Kier alpha value is -1.30. The third kappa shape index (κ3) is 4.70. The van der Waals surface area contributed by atoms with Crippen molar-refractivity contribution in [2.24, 2.45) is 0 Å². The smallest absolute Gasteiger partial charge is 0.408 e. The molecule has 0 bridgehead atoms. The fraction of sp³-hybridized carbons (Fsp3) is 0.615. The lowest BCUT2D eigenvalue weighted by atomic mass is 10.2. The monoisotopic (exact) mass is 281 g/mol. The number of rotatable bonds is 4. The van der Waals surface area contributed by atoms with Crippen LogP contribution in [0.4, 0.5) is 4.79 Å². The van der Waals surface area contributed by atoms with Crippen molar-refractivity contribution in [3.63, 3.8) is 0 Å². The van der Waals surface area contributed by atoms with Gasteiger partial charge in [0.1, 0.15) is 5.60 Å². The summed E-state index contributed by atoms with van der Waals surface area (Å²) >= 11 is 1.56. The molecular formula is C13H19N3O2S. The van der Waals surface area contributed by atoms with Crippen LogP contribution in [0.2, 0.25) is 0 Å². The van der Waals surface area contributed by atoms with Crippen LogP contribution in [0.15, 0.2) is 23.6 Å². The molecule has 1 heterocycles. The Morgan fingerprint density at radius 2 is 2.05 bits per heavy atom. The van der Waals surface area contributed by atoms with Crippen molar-refractivity contribution in [2.75, 3.05) is 5.75 Å². The van der Waals surface area contributed by atoms with Crippen molar-refractivity contribution in [2.45, 2.75) is 49.9 Å². The molecule has 0 saturated heterocycles. The summed E-state index contributed by atoms with van der Waals surface area (Å²) in [7, 11) is 0. The third-order valence-electron chi connectivity index (χ3n) is 2.64. The number of nitrogens with zero attached hydrogens (tertiary/aromatic N) is 2. The molecule has 0 radical (unpaired) electrons. The Labute approximate surface area is 117 Å². The molecule has 6 heteroatoms. The van der Waals surface area contributed by atoms with Crippen LogP contribution >= 0.6 is 11.8 Å². The Bertz CT molecular complexity index is 441. The molecular weight excluding hydrogens is 262 g/mol. The summed E-state index contributed by atoms with van der Waals surface area (Å²) in [5.41, 5.74) is -0.609. The lowest BCUT2D eigenvalue weighted by molar-refractivity contribution is 0.0503. The highest BCUT2D eigenvalue weighted by Crippen LogP contribution is 2.39. The van der Waals surface area contributed by atoms with Crippen LogP contribution in [0, 0.1) is 0 Å². The number of carbonyl (C=O) groups is 1. The second-order valence-electron chi connectivity index (χ2n) is 5.73. The Morgan fingerprint density at radius 3 is 2.58 bits per heavy atom. The minimum atomic E-state index is -0.462. The second kappa shape index (κ2) is 5.36. The van der Waals surface area contributed by atoms with Crippen LogP contribution in [-0.2, 0) is 4.74 Å². The number of amides is 1. The van der Waals surface area contributed by atoms with Gasteiger partial charge >= 0.3 is 6.09 Å². The van der Waals surface area contributed by atoms with Gasteiger partial charge in [-0.15, -0.1) is 0 Å². The minimum absolute atomic E-state index is 0.147. The maximum Gasteiger partial charge on any atom is 0.408 e. The highest BCUT2D eigenvalue weighted by atomic mass is 32.2. The van der Waals surface area contributed by atoms with Gasteiger partial charge in [-0.2, -0.15) is 0 Å². The molecule has 104 valence electrons. The number of aromatic nitrogens is 2. The van der Waals surface area contributed by atoms with E-state index < -0.39 is 5.60 Å². The zero-order valence-corrected chi connectivity index (χ0v) is 12.3. The standard InChI is InChI=1S/C13H19N3O2S/c1-12(2,3)18-11(17)16-13(5-6-13)9-19-10-14-7-4-8-15-10/h4,7-8H,5-6,9H2,1-3H3,(H,16,17). The molecule has 1 aromatic rings. The first-order valence-corrected chi connectivity index (χ1v) is 7.28. The van der Waals surface area contributed by atoms with Gasteiger partial charge in [0.25, 0.3) is 0 Å². The average Bonchev–Trinajstić information content (AvgIpc) is 3.05. The van der Waals surface area contributed by atoms with Crippen LogP contribution in [0.3, 0.4) is 0 Å². The van der Waals surface area contributed by atoms with E-state index in [1.807, 2.05) is 20.8 Å². The number of hydrogen-bond acceptors (Lipinski definition) is 5. The lowest BCUT2D eigenvalue weighted by Crippen LogP contribution is -2.42. The number of carbonyl (C=O) groups excluding carboxylic acids is 1. The van der Waals surface area contributed by atoms with Gasteiger partial charge in [0, 0.05) is 18.1 Å². The van der Waals surface area contributed by atoms with Gasteiger partial charge in [-0.3, -0.25) is 0 Å². The molecule has 1 N–H and O–H groups in total. The normalized spacial score (nSPS) is 16.8. The van der Waals surface area contributed by atoms with E-state index in [4.69, 9.17) is 4.74 Å². The van der Waals surface area contributed by atoms with E-state index in [-0.39, 0.29) is 11.6 Å². The Kier molecular flexibility index (Phi) is 3.99. The quantitative estimate of drug-likeness (QED) is 0.679. The molecule has 1 aliphatic rings. The summed E-state index contributed by atoms with van der Waals surface area (Å²) in [6.45, 7) is 5.58. The Morgan fingerprint density at radius 1 is 1.42 bits per heavy atom. The van der Waals surface area contributed by atoms with Gasteiger partial charge in [-0.25, -0.2) is 14.8 Å². The lowest BCUT2D eigenvalue weighted by Gasteiger charge is -2.23. The zero-order chi connectivity index (χ0) is 13.9. The van der Waals surface area contributed by atoms with Gasteiger partial charge in [0.15, 0.2) is 5.16 Å². The van der Waals surface area contributed by atoms with Crippen molar-refractivity contribution in [1.82, 2.24) is 15.3 Å². The third-order valence-corrected chi connectivity index (χ3v) is 3.81. The molecule has 1 saturated carbocycles. The number of ether oxygens (including phenoxy) is 1. The van der Waals surface area contributed by atoms with Gasteiger partial charge < -0.3 is 10.1 Å². The summed E-state index contributed by atoms with van der Waals surface area (Å²) in [6, 6.07) is 1.79. The molecule has 2 rings (SSSR count). The minimum Gasteiger partial charge on any atom is -0.444 e. The topological polar surface area (TPSA) is 64.1 Å². The maximum absolute atomic E-state index is 11.8. The highest BCUT2D eigenvalue weighted by molar-refractivity contribution is 7.99. The van der Waals surface area contributed by atoms with Crippen LogP contribution < -0.4 is 5.32 Å². The molecule has 0 aromatic carbocycles. The van der Waals surface area contributed by atoms with Crippen molar-refractivity contribution in [3.8, 4) is 0 Å². The highest BCUT2D eigenvalue weighted by Gasteiger charge is 2.45. The van der Waals surface area contributed by atoms with Crippen LogP contribution in [0.5, 0.6) is 0 Å². The second-order valence-corrected chi connectivity index (χ2v) is 6.67. The van der Waals surface area contributed by atoms with Gasteiger partial charge in [0.05, 0.1) is 5.54 Å². The van der Waals surface area contributed by atoms with Crippen LogP contribution in [0.25, 0.3) is 0 Å². The van der Waals surface area contributed by atoms with E-state index in [0.717, 1.165) is 23.8 Å². The van der Waals surface area contributed by atoms with Crippen molar-refractivity contribution in [1.29, 1.82) is 0 Å². The number of thioether (sulfide) groups is 1. The fourth-order valence-electron chi connectivity index (χ4n) is 1.54. The van der Waals surface area contributed by atoms with Crippen molar-refractivity contribution >= 4 is 17.9 Å². The molecule has 0 atom stereocenters. The van der Waals surface area contributed by atoms with E-state index in [0.29, 0.717) is 0 Å². The summed E-state index contributed by atoms with van der Waals surface area (Å²) in [6.07, 6.45) is 5.05.